The van der Waals surface area contributed by atoms with Crippen molar-refractivity contribution in [3.8, 4) is 0 Å². The third kappa shape index (κ3) is 5.05. The lowest BCUT2D eigenvalue weighted by atomic mass is 10.1. The SMILES string of the molecule is CC(OC(=O)CCc1ccccc1)C(=O)Nc1ccccc1. The van der Waals surface area contributed by atoms with E-state index in [-0.39, 0.29) is 18.3 Å². The molecular formula is C18H19NO3. The van der Waals surface area contributed by atoms with Crippen LogP contribution in [-0.2, 0) is 20.7 Å². The Morgan fingerprint density at radius 1 is 1.00 bits per heavy atom. The average Bonchev–Trinajstić information content (AvgIpc) is 2.55. The van der Waals surface area contributed by atoms with Crippen molar-refractivity contribution >= 4 is 17.6 Å². The van der Waals surface area contributed by atoms with Crippen molar-refractivity contribution in [1.82, 2.24) is 0 Å². The molecule has 0 aromatic heterocycles. The Morgan fingerprint density at radius 3 is 2.23 bits per heavy atom. The number of amides is 1. The third-order valence-electron chi connectivity index (χ3n) is 3.18. The molecule has 1 atom stereocenters. The van der Waals surface area contributed by atoms with E-state index >= 15 is 0 Å². The molecule has 114 valence electrons. The molecule has 0 aliphatic rings. The van der Waals surface area contributed by atoms with Gasteiger partial charge in [-0.15, -0.1) is 0 Å². The van der Waals surface area contributed by atoms with Crippen LogP contribution in [0.1, 0.15) is 18.9 Å². The molecule has 0 fully saturated rings. The zero-order valence-electron chi connectivity index (χ0n) is 12.5. The number of esters is 1. The molecule has 0 bridgehead atoms. The van der Waals surface area contributed by atoms with Crippen LogP contribution in [-0.4, -0.2) is 18.0 Å². The summed E-state index contributed by atoms with van der Waals surface area (Å²) in [4.78, 5) is 23.7. The predicted octanol–water partition coefficient (Wildman–Crippen LogP) is 3.19. The molecule has 0 spiro atoms. The van der Waals surface area contributed by atoms with Crippen LogP contribution in [0.5, 0.6) is 0 Å². The summed E-state index contributed by atoms with van der Waals surface area (Å²) in [5, 5.41) is 2.70. The van der Waals surface area contributed by atoms with Crippen molar-refractivity contribution in [1.29, 1.82) is 0 Å². The van der Waals surface area contributed by atoms with Gasteiger partial charge in [-0.3, -0.25) is 9.59 Å². The van der Waals surface area contributed by atoms with Gasteiger partial charge in [0.15, 0.2) is 6.10 Å². The van der Waals surface area contributed by atoms with Gasteiger partial charge in [-0.2, -0.15) is 0 Å². The van der Waals surface area contributed by atoms with Gasteiger partial charge in [0.2, 0.25) is 0 Å². The Hall–Kier alpha value is -2.62. The highest BCUT2D eigenvalue weighted by molar-refractivity contribution is 5.95. The zero-order chi connectivity index (χ0) is 15.8. The molecule has 1 N–H and O–H groups in total. The smallest absolute Gasteiger partial charge is 0.306 e. The van der Waals surface area contributed by atoms with Crippen LogP contribution in [0.25, 0.3) is 0 Å². The lowest BCUT2D eigenvalue weighted by Gasteiger charge is -2.13. The fraction of sp³-hybridized carbons (Fsp3) is 0.222. The maximum atomic E-state index is 11.9. The second-order valence-corrected chi connectivity index (χ2v) is 4.97. The van der Waals surface area contributed by atoms with Crippen LogP contribution >= 0.6 is 0 Å². The first-order chi connectivity index (χ1) is 10.6. The van der Waals surface area contributed by atoms with E-state index in [1.165, 1.54) is 0 Å². The van der Waals surface area contributed by atoms with Gasteiger partial charge in [-0.1, -0.05) is 48.5 Å². The maximum absolute atomic E-state index is 11.9. The van der Waals surface area contributed by atoms with Gasteiger partial charge in [-0.25, -0.2) is 0 Å². The summed E-state index contributed by atoms with van der Waals surface area (Å²) in [7, 11) is 0. The Kier molecular flexibility index (Phi) is 5.72. The number of hydrogen-bond acceptors (Lipinski definition) is 3. The van der Waals surface area contributed by atoms with Crippen LogP contribution in [0.2, 0.25) is 0 Å². The normalized spacial score (nSPS) is 11.5. The van der Waals surface area contributed by atoms with E-state index in [1.54, 1.807) is 19.1 Å². The molecule has 0 aliphatic carbocycles. The molecule has 4 nitrogen and oxygen atoms in total. The second-order valence-electron chi connectivity index (χ2n) is 4.97. The van der Waals surface area contributed by atoms with E-state index in [9.17, 15) is 9.59 Å². The van der Waals surface area contributed by atoms with Crippen LogP contribution in [0.15, 0.2) is 60.7 Å². The van der Waals surface area contributed by atoms with E-state index in [1.807, 2.05) is 48.5 Å². The minimum Gasteiger partial charge on any atom is -0.453 e. The molecule has 0 saturated carbocycles. The van der Waals surface area contributed by atoms with Crippen LogP contribution in [0, 0.1) is 0 Å². The Labute approximate surface area is 130 Å². The number of anilines is 1. The van der Waals surface area contributed by atoms with Crippen molar-refractivity contribution in [2.75, 3.05) is 5.32 Å². The first-order valence-electron chi connectivity index (χ1n) is 7.24. The predicted molar refractivity (Wildman–Crippen MR) is 85.4 cm³/mol. The van der Waals surface area contributed by atoms with Gasteiger partial charge < -0.3 is 10.1 Å². The minimum atomic E-state index is -0.816. The van der Waals surface area contributed by atoms with Gasteiger partial charge in [0.25, 0.3) is 5.91 Å². The van der Waals surface area contributed by atoms with Crippen molar-refractivity contribution in [2.45, 2.75) is 25.9 Å². The van der Waals surface area contributed by atoms with Crippen molar-refractivity contribution in [2.24, 2.45) is 0 Å². The average molecular weight is 297 g/mol. The van der Waals surface area contributed by atoms with Crippen LogP contribution in [0.4, 0.5) is 5.69 Å². The summed E-state index contributed by atoms with van der Waals surface area (Å²) in [5.74, 6) is -0.709. The van der Waals surface area contributed by atoms with Crippen molar-refractivity contribution in [3.63, 3.8) is 0 Å². The Morgan fingerprint density at radius 2 is 1.59 bits per heavy atom. The summed E-state index contributed by atoms with van der Waals surface area (Å²) in [6, 6.07) is 18.8. The van der Waals surface area contributed by atoms with Gasteiger partial charge >= 0.3 is 5.97 Å². The molecule has 1 amide bonds. The number of aryl methyl sites for hydroxylation is 1. The number of hydrogen-bond donors (Lipinski definition) is 1. The Balaban J connectivity index is 1.77. The molecule has 1 unspecified atom stereocenters. The monoisotopic (exact) mass is 297 g/mol. The van der Waals surface area contributed by atoms with Gasteiger partial charge in [-0.05, 0) is 31.0 Å². The molecule has 2 aromatic rings. The Bertz CT molecular complexity index is 611. The zero-order valence-corrected chi connectivity index (χ0v) is 12.5. The molecule has 2 rings (SSSR count). The number of carbonyl (C=O) groups is 2. The highest BCUT2D eigenvalue weighted by atomic mass is 16.5. The second kappa shape index (κ2) is 7.98. The number of carbonyl (C=O) groups excluding carboxylic acids is 2. The number of nitrogens with one attached hydrogen (secondary N) is 1. The number of ether oxygens (including phenoxy) is 1. The largest absolute Gasteiger partial charge is 0.453 e. The summed E-state index contributed by atoms with van der Waals surface area (Å²) < 4.78 is 5.16. The summed E-state index contributed by atoms with van der Waals surface area (Å²) >= 11 is 0. The minimum absolute atomic E-state index is 0.257. The highest BCUT2D eigenvalue weighted by Crippen LogP contribution is 2.08. The number of para-hydroxylation sites is 1. The van der Waals surface area contributed by atoms with Gasteiger partial charge in [0, 0.05) is 12.1 Å². The van der Waals surface area contributed by atoms with Crippen molar-refractivity contribution < 1.29 is 14.3 Å². The van der Waals surface area contributed by atoms with E-state index in [0.29, 0.717) is 12.1 Å². The van der Waals surface area contributed by atoms with Gasteiger partial charge in [0.05, 0.1) is 0 Å². The summed E-state index contributed by atoms with van der Waals surface area (Å²) in [5.41, 5.74) is 1.75. The molecule has 0 saturated heterocycles. The van der Waals surface area contributed by atoms with Crippen molar-refractivity contribution in [3.05, 3.63) is 66.2 Å². The molecule has 0 aliphatic heterocycles. The van der Waals surface area contributed by atoms with Crippen LogP contribution < -0.4 is 5.32 Å². The summed E-state index contributed by atoms with van der Waals surface area (Å²) in [6.45, 7) is 1.57. The highest BCUT2D eigenvalue weighted by Gasteiger charge is 2.17. The third-order valence-corrected chi connectivity index (χ3v) is 3.18. The fourth-order valence-corrected chi connectivity index (χ4v) is 1.97. The standard InChI is InChI=1S/C18H19NO3/c1-14(18(21)19-16-10-6-3-7-11-16)22-17(20)13-12-15-8-4-2-5-9-15/h2-11,14H,12-13H2,1H3,(H,19,21). The lowest BCUT2D eigenvalue weighted by Crippen LogP contribution is -2.30. The lowest BCUT2D eigenvalue weighted by molar-refractivity contribution is -0.153. The topological polar surface area (TPSA) is 55.4 Å². The quantitative estimate of drug-likeness (QED) is 0.833. The van der Waals surface area contributed by atoms with Gasteiger partial charge in [0.1, 0.15) is 0 Å². The van der Waals surface area contributed by atoms with E-state index in [0.717, 1.165) is 5.56 Å². The first-order valence-corrected chi connectivity index (χ1v) is 7.24. The fourth-order valence-electron chi connectivity index (χ4n) is 1.97. The molecule has 0 heterocycles. The number of rotatable bonds is 6. The molecule has 0 radical (unpaired) electrons. The number of benzene rings is 2. The molecule has 4 heteroatoms. The van der Waals surface area contributed by atoms with E-state index in [4.69, 9.17) is 4.74 Å². The summed E-state index contributed by atoms with van der Waals surface area (Å²) in [6.07, 6.45) is 0.0446. The van der Waals surface area contributed by atoms with Crippen LogP contribution in [0.3, 0.4) is 0 Å². The van der Waals surface area contributed by atoms with E-state index < -0.39 is 6.10 Å². The molecule has 22 heavy (non-hydrogen) atoms. The molecule has 2 aromatic carbocycles. The van der Waals surface area contributed by atoms with E-state index in [2.05, 4.69) is 5.32 Å². The molecular weight excluding hydrogens is 278 g/mol. The maximum Gasteiger partial charge on any atom is 0.306 e. The first kappa shape index (κ1) is 15.8.